The zero-order chi connectivity index (χ0) is 21.6. The van der Waals surface area contributed by atoms with E-state index in [1.807, 2.05) is 0 Å². The van der Waals surface area contributed by atoms with E-state index in [1.165, 1.54) is 142 Å². The average molecular weight is 446 g/mol. The van der Waals surface area contributed by atoms with Crippen LogP contribution in [-0.4, -0.2) is 23.5 Å². The van der Waals surface area contributed by atoms with Crippen LogP contribution in [0.25, 0.3) is 0 Å². The molecule has 0 unspecified atom stereocenters. The van der Waals surface area contributed by atoms with Gasteiger partial charge in [0.1, 0.15) is 0 Å². The Balaban J connectivity index is 0. The smallest absolute Gasteiger partial charge is 0.0125 e. The molecular weight excluding hydrogens is 386 g/mol. The van der Waals surface area contributed by atoms with Crippen molar-refractivity contribution in [3.8, 4) is 0 Å². The molecule has 0 heterocycles. The molecule has 0 saturated carbocycles. The molecule has 0 aromatic heterocycles. The predicted octanol–water partition coefficient (Wildman–Crippen LogP) is 10.4. The third kappa shape index (κ3) is 22.9. The van der Waals surface area contributed by atoms with Crippen molar-refractivity contribution in [2.45, 2.75) is 169 Å². The van der Waals surface area contributed by atoms with E-state index in [9.17, 15) is 0 Å². The van der Waals surface area contributed by atoms with E-state index in [4.69, 9.17) is 0 Å². The van der Waals surface area contributed by atoms with Gasteiger partial charge in [-0.05, 0) is 46.7 Å². The topological polar surface area (TPSA) is 3.24 Å². The maximum Gasteiger partial charge on any atom is 0.0125 e. The van der Waals surface area contributed by atoms with E-state index in [-0.39, 0.29) is 12.4 Å². The van der Waals surface area contributed by atoms with Gasteiger partial charge in [-0.25, -0.2) is 0 Å². The SMILES string of the molecule is CCCCCCCCCCCCN(CCCCCCCCCCCC)C(C)(C)C.Cl. The van der Waals surface area contributed by atoms with Gasteiger partial charge in [0.15, 0.2) is 0 Å². The highest BCUT2D eigenvalue weighted by molar-refractivity contribution is 5.85. The molecule has 30 heavy (non-hydrogen) atoms. The fourth-order valence-corrected chi connectivity index (χ4v) is 4.36. The first-order valence-corrected chi connectivity index (χ1v) is 13.8. The Morgan fingerprint density at radius 2 is 0.633 bits per heavy atom. The van der Waals surface area contributed by atoms with E-state index in [2.05, 4.69) is 39.5 Å². The molecule has 1 nitrogen and oxygen atoms in total. The van der Waals surface area contributed by atoms with Crippen molar-refractivity contribution in [1.29, 1.82) is 0 Å². The summed E-state index contributed by atoms with van der Waals surface area (Å²) in [6, 6.07) is 0. The fraction of sp³-hybridized carbons (Fsp3) is 1.00. The van der Waals surface area contributed by atoms with Gasteiger partial charge < -0.3 is 0 Å². The molecule has 0 fully saturated rings. The van der Waals surface area contributed by atoms with Gasteiger partial charge in [0.05, 0.1) is 0 Å². The Bertz CT molecular complexity index is 286. The average Bonchev–Trinajstić information content (AvgIpc) is 2.68. The van der Waals surface area contributed by atoms with Gasteiger partial charge in [0.25, 0.3) is 0 Å². The van der Waals surface area contributed by atoms with Crippen LogP contribution in [0.4, 0.5) is 0 Å². The molecule has 0 aliphatic rings. The maximum atomic E-state index is 2.75. The molecule has 0 aromatic carbocycles. The Morgan fingerprint density at radius 3 is 0.867 bits per heavy atom. The lowest BCUT2D eigenvalue weighted by atomic mass is 10.0. The van der Waals surface area contributed by atoms with Crippen molar-refractivity contribution in [3.05, 3.63) is 0 Å². The van der Waals surface area contributed by atoms with E-state index in [1.54, 1.807) is 0 Å². The van der Waals surface area contributed by atoms with Crippen molar-refractivity contribution in [1.82, 2.24) is 4.90 Å². The monoisotopic (exact) mass is 445 g/mol. The molecule has 0 atom stereocenters. The standard InChI is InChI=1S/C28H59N.ClH/c1-6-8-10-12-14-16-18-20-22-24-26-29(28(3,4)5)27-25-23-21-19-17-15-13-11-9-7-2;/h6-27H2,1-5H3;1H. The molecule has 0 saturated heterocycles. The number of hydrogen-bond acceptors (Lipinski definition) is 1. The molecular formula is C28H60ClN. The molecule has 0 spiro atoms. The molecule has 2 heteroatoms. The van der Waals surface area contributed by atoms with Gasteiger partial charge in [0.2, 0.25) is 0 Å². The lowest BCUT2D eigenvalue weighted by Gasteiger charge is -2.36. The molecule has 0 amide bonds. The van der Waals surface area contributed by atoms with Crippen molar-refractivity contribution in [2.24, 2.45) is 0 Å². The lowest BCUT2D eigenvalue weighted by molar-refractivity contribution is 0.130. The predicted molar refractivity (Wildman–Crippen MR) is 142 cm³/mol. The zero-order valence-electron chi connectivity index (χ0n) is 21.9. The molecule has 0 radical (unpaired) electrons. The van der Waals surface area contributed by atoms with Crippen LogP contribution in [-0.2, 0) is 0 Å². The Morgan fingerprint density at radius 1 is 0.400 bits per heavy atom. The molecule has 0 N–H and O–H groups in total. The summed E-state index contributed by atoms with van der Waals surface area (Å²) in [5, 5.41) is 0. The number of rotatable bonds is 22. The molecule has 0 aliphatic heterocycles. The second kappa shape index (κ2) is 23.9. The van der Waals surface area contributed by atoms with Gasteiger partial charge in [-0.3, -0.25) is 4.90 Å². The number of unbranched alkanes of at least 4 members (excludes halogenated alkanes) is 18. The minimum atomic E-state index is 0. The second-order valence-corrected chi connectivity index (χ2v) is 10.5. The Labute approximate surface area is 199 Å². The van der Waals surface area contributed by atoms with Crippen LogP contribution in [0.1, 0.15) is 163 Å². The summed E-state index contributed by atoms with van der Waals surface area (Å²) in [4.78, 5) is 2.75. The van der Waals surface area contributed by atoms with E-state index >= 15 is 0 Å². The summed E-state index contributed by atoms with van der Waals surface area (Å²) < 4.78 is 0. The molecule has 0 bridgehead atoms. The third-order valence-electron chi connectivity index (χ3n) is 6.51. The minimum Gasteiger partial charge on any atom is -0.298 e. The van der Waals surface area contributed by atoms with Crippen LogP contribution in [0.3, 0.4) is 0 Å². The summed E-state index contributed by atoms with van der Waals surface area (Å²) in [6.07, 6.45) is 28.7. The van der Waals surface area contributed by atoms with Crippen LogP contribution in [0.15, 0.2) is 0 Å². The summed E-state index contributed by atoms with van der Waals surface area (Å²) in [5.41, 5.74) is 0.332. The van der Waals surface area contributed by atoms with Gasteiger partial charge >= 0.3 is 0 Å². The van der Waals surface area contributed by atoms with Crippen molar-refractivity contribution in [3.63, 3.8) is 0 Å². The van der Waals surface area contributed by atoms with E-state index in [0.29, 0.717) is 5.54 Å². The van der Waals surface area contributed by atoms with E-state index in [0.717, 1.165) is 0 Å². The molecule has 184 valence electrons. The summed E-state index contributed by atoms with van der Waals surface area (Å²) in [6.45, 7) is 14.4. The van der Waals surface area contributed by atoms with Crippen molar-refractivity contribution >= 4 is 12.4 Å². The van der Waals surface area contributed by atoms with Gasteiger partial charge in [-0.2, -0.15) is 0 Å². The zero-order valence-corrected chi connectivity index (χ0v) is 22.7. The maximum absolute atomic E-state index is 2.75. The second-order valence-electron chi connectivity index (χ2n) is 10.5. The minimum absolute atomic E-state index is 0. The molecule has 0 aliphatic carbocycles. The fourth-order valence-electron chi connectivity index (χ4n) is 4.36. The highest BCUT2D eigenvalue weighted by atomic mass is 35.5. The highest BCUT2D eigenvalue weighted by Gasteiger charge is 2.19. The third-order valence-corrected chi connectivity index (χ3v) is 6.51. The first kappa shape index (κ1) is 32.4. The highest BCUT2D eigenvalue weighted by Crippen LogP contribution is 2.18. The van der Waals surface area contributed by atoms with Gasteiger partial charge in [-0.1, -0.05) is 129 Å². The van der Waals surface area contributed by atoms with E-state index < -0.39 is 0 Å². The number of nitrogens with zero attached hydrogens (tertiary/aromatic N) is 1. The van der Waals surface area contributed by atoms with Crippen molar-refractivity contribution < 1.29 is 0 Å². The van der Waals surface area contributed by atoms with Crippen LogP contribution in [0.5, 0.6) is 0 Å². The first-order chi connectivity index (χ1) is 14.0. The first-order valence-electron chi connectivity index (χ1n) is 13.8. The summed E-state index contributed by atoms with van der Waals surface area (Å²) in [5.74, 6) is 0. The Kier molecular flexibility index (Phi) is 25.8. The van der Waals surface area contributed by atoms with Crippen LogP contribution < -0.4 is 0 Å². The van der Waals surface area contributed by atoms with Crippen LogP contribution in [0, 0.1) is 0 Å². The largest absolute Gasteiger partial charge is 0.298 e. The molecule has 0 aromatic rings. The van der Waals surface area contributed by atoms with Gasteiger partial charge in [0, 0.05) is 5.54 Å². The lowest BCUT2D eigenvalue weighted by Crippen LogP contribution is -2.42. The number of hydrogen-bond donors (Lipinski definition) is 0. The Hall–Kier alpha value is 0.250. The van der Waals surface area contributed by atoms with Gasteiger partial charge in [-0.15, -0.1) is 12.4 Å². The molecule has 0 rings (SSSR count). The van der Waals surface area contributed by atoms with Crippen LogP contribution >= 0.6 is 12.4 Å². The normalized spacial score (nSPS) is 11.8. The summed E-state index contributed by atoms with van der Waals surface area (Å²) in [7, 11) is 0. The van der Waals surface area contributed by atoms with Crippen molar-refractivity contribution in [2.75, 3.05) is 13.1 Å². The quantitative estimate of drug-likeness (QED) is 0.150. The number of halogens is 1. The van der Waals surface area contributed by atoms with Crippen LogP contribution in [0.2, 0.25) is 0 Å². The summed E-state index contributed by atoms with van der Waals surface area (Å²) >= 11 is 0.